The molecule has 78 valence electrons. The van der Waals surface area contributed by atoms with Crippen LogP contribution in [-0.4, -0.2) is 23.4 Å². The summed E-state index contributed by atoms with van der Waals surface area (Å²) in [5.74, 6) is 0. The lowest BCUT2D eigenvalue weighted by molar-refractivity contribution is -0.219. The lowest BCUT2D eigenvalue weighted by Gasteiger charge is -2.22. The second-order valence-corrected chi connectivity index (χ2v) is 3.09. The molecule has 0 radical (unpaired) electrons. The summed E-state index contributed by atoms with van der Waals surface area (Å²) in [4.78, 5) is -0.0430. The third kappa shape index (κ3) is 4.42. The molecule has 0 aromatic heterocycles. The maximum absolute atomic E-state index is 12.0. The van der Waals surface area contributed by atoms with E-state index in [2.05, 4.69) is 17.0 Å². The minimum Gasteiger partial charge on any atom is -0.391 e. The Labute approximate surface area is 80.2 Å². The summed E-state index contributed by atoms with van der Waals surface area (Å²) in [6.45, 7) is 2.59. The smallest absolute Gasteiger partial charge is 0.391 e. The number of hydrogen-bond acceptors (Lipinski definition) is 2. The molecule has 2 unspecified atom stereocenters. The molecule has 0 saturated carbocycles. The van der Waals surface area contributed by atoms with Crippen molar-refractivity contribution in [2.75, 3.05) is 0 Å². The molecular formula is C7H12F3NOS. The summed E-state index contributed by atoms with van der Waals surface area (Å²) in [6, 6.07) is 0. The van der Waals surface area contributed by atoms with Crippen molar-refractivity contribution in [3.8, 4) is 0 Å². The summed E-state index contributed by atoms with van der Waals surface area (Å²) in [7, 11) is 0. The summed E-state index contributed by atoms with van der Waals surface area (Å²) in [5.41, 5.74) is 5.18. The molecule has 6 heteroatoms. The van der Waals surface area contributed by atoms with Gasteiger partial charge in [-0.25, -0.2) is 0 Å². The molecule has 0 aliphatic carbocycles. The van der Waals surface area contributed by atoms with Gasteiger partial charge in [-0.3, -0.25) is 0 Å². The van der Waals surface area contributed by atoms with Crippen LogP contribution in [0.1, 0.15) is 20.3 Å². The molecule has 0 rings (SSSR count). The maximum atomic E-state index is 12.0. The molecule has 0 spiro atoms. The molecule has 0 saturated heterocycles. The summed E-state index contributed by atoms with van der Waals surface area (Å²) >= 11 is 4.54. The first-order chi connectivity index (χ1) is 5.79. The Morgan fingerprint density at radius 1 is 1.54 bits per heavy atom. The van der Waals surface area contributed by atoms with Gasteiger partial charge in [-0.1, -0.05) is 19.1 Å². The van der Waals surface area contributed by atoms with Gasteiger partial charge in [0.2, 0.25) is 0 Å². The highest BCUT2D eigenvalue weighted by molar-refractivity contribution is 7.80. The van der Waals surface area contributed by atoms with Gasteiger partial charge >= 0.3 is 6.18 Å². The highest BCUT2D eigenvalue weighted by Crippen LogP contribution is 2.23. The number of alkyl halides is 3. The molecule has 13 heavy (non-hydrogen) atoms. The summed E-state index contributed by atoms with van der Waals surface area (Å²) < 4.78 is 40.6. The van der Waals surface area contributed by atoms with Crippen molar-refractivity contribution >= 4 is 17.2 Å². The predicted molar refractivity (Wildman–Crippen MR) is 47.5 cm³/mol. The standard InChI is InChI=1S/C7H12F3NOS/c1-3-5(6(11)13)12-4(2)7(8,9)10/h4-5H,3H2,1-2H3,(H2,11,13). The predicted octanol–water partition coefficient (Wildman–Crippen LogP) is 2.02. The lowest BCUT2D eigenvalue weighted by atomic mass is 10.2. The quantitative estimate of drug-likeness (QED) is 0.729. The topological polar surface area (TPSA) is 35.2 Å². The second-order valence-electron chi connectivity index (χ2n) is 2.62. The van der Waals surface area contributed by atoms with Gasteiger partial charge in [0.1, 0.15) is 11.1 Å². The molecule has 0 amide bonds. The fraction of sp³-hybridized carbons (Fsp3) is 0.857. The second kappa shape index (κ2) is 4.76. The minimum atomic E-state index is -4.36. The van der Waals surface area contributed by atoms with Crippen molar-refractivity contribution in [1.29, 1.82) is 0 Å². The van der Waals surface area contributed by atoms with Crippen LogP contribution in [0.3, 0.4) is 0 Å². The largest absolute Gasteiger partial charge is 0.414 e. The Kier molecular flexibility index (Phi) is 4.63. The van der Waals surface area contributed by atoms with Gasteiger partial charge in [0.05, 0.1) is 0 Å². The molecule has 0 fully saturated rings. The van der Waals surface area contributed by atoms with E-state index < -0.39 is 18.4 Å². The number of thiocarbonyl (C=S) groups is 1. The molecule has 0 bridgehead atoms. The van der Waals surface area contributed by atoms with Crippen LogP contribution in [0.4, 0.5) is 13.2 Å². The number of nitrogens with two attached hydrogens (primary N) is 1. The highest BCUT2D eigenvalue weighted by atomic mass is 32.1. The first-order valence-electron chi connectivity index (χ1n) is 3.80. The van der Waals surface area contributed by atoms with Gasteiger partial charge in [0.15, 0.2) is 6.10 Å². The summed E-state index contributed by atoms with van der Waals surface area (Å²) in [5, 5.41) is 0. The Hall–Kier alpha value is -0.360. The monoisotopic (exact) mass is 215 g/mol. The summed E-state index contributed by atoms with van der Waals surface area (Å²) in [6.07, 6.45) is -6.65. The molecule has 0 heterocycles. The average molecular weight is 215 g/mol. The van der Waals surface area contributed by atoms with Gasteiger partial charge < -0.3 is 10.5 Å². The first-order valence-corrected chi connectivity index (χ1v) is 4.21. The van der Waals surface area contributed by atoms with E-state index in [0.717, 1.165) is 6.92 Å². The first kappa shape index (κ1) is 12.6. The van der Waals surface area contributed by atoms with Gasteiger partial charge in [-0.2, -0.15) is 13.2 Å². The van der Waals surface area contributed by atoms with Crippen LogP contribution < -0.4 is 5.73 Å². The molecule has 2 atom stereocenters. The van der Waals surface area contributed by atoms with Gasteiger partial charge in [-0.05, 0) is 13.3 Å². The van der Waals surface area contributed by atoms with E-state index in [-0.39, 0.29) is 4.99 Å². The minimum absolute atomic E-state index is 0.0430. The fourth-order valence-corrected chi connectivity index (χ4v) is 0.910. The zero-order valence-corrected chi connectivity index (χ0v) is 8.21. The van der Waals surface area contributed by atoms with E-state index in [1.807, 2.05) is 0 Å². The van der Waals surface area contributed by atoms with Crippen LogP contribution in [0, 0.1) is 0 Å². The lowest BCUT2D eigenvalue weighted by Crippen LogP contribution is -2.38. The Balaban J connectivity index is 4.17. The van der Waals surface area contributed by atoms with E-state index in [1.54, 1.807) is 6.92 Å². The van der Waals surface area contributed by atoms with Crippen molar-refractivity contribution in [3.05, 3.63) is 0 Å². The van der Waals surface area contributed by atoms with E-state index in [4.69, 9.17) is 5.73 Å². The Bertz CT molecular complexity index is 183. The van der Waals surface area contributed by atoms with Crippen molar-refractivity contribution in [2.45, 2.75) is 38.7 Å². The van der Waals surface area contributed by atoms with E-state index in [0.29, 0.717) is 6.42 Å². The Morgan fingerprint density at radius 3 is 2.23 bits per heavy atom. The van der Waals surface area contributed by atoms with E-state index in [1.165, 1.54) is 0 Å². The SMILES string of the molecule is CCC(OC(C)C(F)(F)F)C(N)=S. The van der Waals surface area contributed by atoms with Crippen molar-refractivity contribution < 1.29 is 17.9 Å². The number of ether oxygens (including phenoxy) is 1. The van der Waals surface area contributed by atoms with E-state index >= 15 is 0 Å². The molecule has 2 N–H and O–H groups in total. The van der Waals surface area contributed by atoms with Crippen molar-refractivity contribution in [1.82, 2.24) is 0 Å². The van der Waals surface area contributed by atoms with Gasteiger partial charge in [0.25, 0.3) is 0 Å². The van der Waals surface area contributed by atoms with Gasteiger partial charge in [0, 0.05) is 0 Å². The third-order valence-electron chi connectivity index (χ3n) is 1.52. The highest BCUT2D eigenvalue weighted by Gasteiger charge is 2.38. The normalized spacial score (nSPS) is 16.7. The molecular weight excluding hydrogens is 203 g/mol. The zero-order valence-electron chi connectivity index (χ0n) is 7.39. The molecule has 2 nitrogen and oxygen atoms in total. The number of halogens is 3. The molecule has 0 aliphatic rings. The van der Waals surface area contributed by atoms with Gasteiger partial charge in [-0.15, -0.1) is 0 Å². The Morgan fingerprint density at radius 2 is 2.00 bits per heavy atom. The van der Waals surface area contributed by atoms with Crippen LogP contribution in [0.5, 0.6) is 0 Å². The average Bonchev–Trinajstić information content (AvgIpc) is 1.96. The number of hydrogen-bond donors (Lipinski definition) is 1. The van der Waals surface area contributed by atoms with Crippen LogP contribution in [0.15, 0.2) is 0 Å². The third-order valence-corrected chi connectivity index (χ3v) is 1.78. The van der Waals surface area contributed by atoms with Crippen LogP contribution in [-0.2, 0) is 4.74 Å². The van der Waals surface area contributed by atoms with E-state index in [9.17, 15) is 13.2 Å². The number of rotatable bonds is 4. The molecule has 0 aliphatic heterocycles. The van der Waals surface area contributed by atoms with Crippen LogP contribution >= 0.6 is 12.2 Å². The maximum Gasteiger partial charge on any atom is 0.414 e. The molecule has 0 aromatic carbocycles. The fourth-order valence-electron chi connectivity index (χ4n) is 0.688. The molecule has 0 aromatic rings. The van der Waals surface area contributed by atoms with Crippen molar-refractivity contribution in [2.24, 2.45) is 5.73 Å². The van der Waals surface area contributed by atoms with Crippen LogP contribution in [0.25, 0.3) is 0 Å². The van der Waals surface area contributed by atoms with Crippen LogP contribution in [0.2, 0.25) is 0 Å². The zero-order chi connectivity index (χ0) is 10.6. The van der Waals surface area contributed by atoms with Crippen molar-refractivity contribution in [3.63, 3.8) is 0 Å².